The predicted molar refractivity (Wildman–Crippen MR) is 80.2 cm³/mol. The van der Waals surface area contributed by atoms with Crippen LogP contribution in [0.2, 0.25) is 5.02 Å². The van der Waals surface area contributed by atoms with E-state index in [0.29, 0.717) is 10.6 Å². The Bertz CT molecular complexity index is 762. The molecule has 0 aliphatic heterocycles. The molecule has 0 spiro atoms. The molecule has 0 fully saturated rings. The third kappa shape index (κ3) is 2.21. The van der Waals surface area contributed by atoms with Crippen molar-refractivity contribution in [3.8, 4) is 0 Å². The first kappa shape index (κ1) is 12.9. The van der Waals surface area contributed by atoms with Crippen LogP contribution in [0.4, 0.5) is 0 Å². The molecule has 3 nitrogen and oxygen atoms in total. The quantitative estimate of drug-likeness (QED) is 0.678. The summed E-state index contributed by atoms with van der Waals surface area (Å²) in [4.78, 5) is 12.5. The van der Waals surface area contributed by atoms with Gasteiger partial charge in [-0.25, -0.2) is 0 Å². The summed E-state index contributed by atoms with van der Waals surface area (Å²) in [7, 11) is 0. The lowest BCUT2D eigenvalue weighted by atomic mass is 10.1. The number of halogens is 1. The number of hydrogen-bond acceptors (Lipinski definition) is 2. The van der Waals surface area contributed by atoms with Crippen molar-refractivity contribution < 1.29 is 4.79 Å². The number of aromatic nitrogens is 2. The number of Topliss-reactive ketones (excluding diaryl/α,β-unsaturated/α-hetero) is 1. The second-order valence-corrected chi connectivity index (χ2v) is 5.13. The van der Waals surface area contributed by atoms with Gasteiger partial charge >= 0.3 is 0 Å². The van der Waals surface area contributed by atoms with Gasteiger partial charge in [0.2, 0.25) is 0 Å². The predicted octanol–water partition coefficient (Wildman–Crippen LogP) is 4.13. The molecule has 0 saturated heterocycles. The minimum absolute atomic E-state index is 0.0236. The van der Waals surface area contributed by atoms with Crippen LogP contribution in [0.5, 0.6) is 0 Å². The molecule has 3 rings (SSSR count). The van der Waals surface area contributed by atoms with Gasteiger partial charge in [-0.1, -0.05) is 29.8 Å². The molecule has 1 unspecified atom stereocenters. The summed E-state index contributed by atoms with van der Waals surface area (Å²) in [6, 6.07) is 14.4. The minimum atomic E-state index is -0.351. The molecule has 0 N–H and O–H groups in total. The normalized spacial score (nSPS) is 12.5. The topological polar surface area (TPSA) is 34.9 Å². The van der Waals surface area contributed by atoms with E-state index in [2.05, 4.69) is 5.10 Å². The van der Waals surface area contributed by atoms with E-state index >= 15 is 0 Å². The van der Waals surface area contributed by atoms with E-state index in [0.717, 1.165) is 10.9 Å². The monoisotopic (exact) mass is 284 g/mol. The Morgan fingerprint density at radius 2 is 1.85 bits per heavy atom. The molecule has 20 heavy (non-hydrogen) atoms. The zero-order valence-corrected chi connectivity index (χ0v) is 11.7. The van der Waals surface area contributed by atoms with Crippen LogP contribution in [-0.2, 0) is 0 Å². The van der Waals surface area contributed by atoms with Gasteiger partial charge in [-0.3, -0.25) is 9.48 Å². The summed E-state index contributed by atoms with van der Waals surface area (Å²) in [5, 5.41) is 5.98. The average Bonchev–Trinajstić information content (AvgIpc) is 2.90. The molecule has 0 bridgehead atoms. The number of hydrogen-bond donors (Lipinski definition) is 0. The highest BCUT2D eigenvalue weighted by Gasteiger charge is 2.19. The van der Waals surface area contributed by atoms with Crippen LogP contribution >= 0.6 is 11.6 Å². The van der Waals surface area contributed by atoms with Crippen molar-refractivity contribution in [2.45, 2.75) is 13.0 Å². The molecule has 1 heterocycles. The van der Waals surface area contributed by atoms with E-state index in [1.807, 2.05) is 31.2 Å². The Labute approximate surface area is 121 Å². The van der Waals surface area contributed by atoms with Gasteiger partial charge in [0.05, 0.1) is 11.7 Å². The SMILES string of the molecule is CC(C(=O)c1ccc(Cl)cc1)n1ncc2ccccc21. The van der Waals surface area contributed by atoms with Gasteiger partial charge < -0.3 is 0 Å². The number of carbonyl (C=O) groups is 1. The number of fused-ring (bicyclic) bond motifs is 1. The van der Waals surface area contributed by atoms with E-state index in [1.165, 1.54) is 0 Å². The first-order valence-corrected chi connectivity index (χ1v) is 6.76. The van der Waals surface area contributed by atoms with Crippen molar-refractivity contribution >= 4 is 28.3 Å². The Kier molecular flexibility index (Phi) is 3.28. The van der Waals surface area contributed by atoms with Gasteiger partial charge in [-0.05, 0) is 37.3 Å². The van der Waals surface area contributed by atoms with Crippen LogP contribution < -0.4 is 0 Å². The highest BCUT2D eigenvalue weighted by atomic mass is 35.5. The molecule has 0 aliphatic rings. The number of benzene rings is 2. The molecule has 2 aromatic carbocycles. The summed E-state index contributed by atoms with van der Waals surface area (Å²) in [5.74, 6) is 0.0236. The summed E-state index contributed by atoms with van der Waals surface area (Å²) in [6.45, 7) is 1.86. The van der Waals surface area contributed by atoms with Crippen LogP contribution in [0.25, 0.3) is 10.9 Å². The summed E-state index contributed by atoms with van der Waals surface area (Å²) in [5.41, 5.74) is 1.60. The van der Waals surface area contributed by atoms with Crippen LogP contribution in [0.1, 0.15) is 23.3 Å². The molecule has 0 aliphatic carbocycles. The summed E-state index contributed by atoms with van der Waals surface area (Å²) >= 11 is 5.84. The van der Waals surface area contributed by atoms with Gasteiger partial charge in [0.1, 0.15) is 6.04 Å². The van der Waals surface area contributed by atoms with Gasteiger partial charge in [0, 0.05) is 16.0 Å². The Morgan fingerprint density at radius 3 is 2.60 bits per heavy atom. The maximum atomic E-state index is 12.5. The largest absolute Gasteiger partial charge is 0.292 e. The number of nitrogens with zero attached hydrogens (tertiary/aromatic N) is 2. The third-order valence-corrected chi connectivity index (χ3v) is 3.63. The maximum Gasteiger partial charge on any atom is 0.187 e. The van der Waals surface area contributed by atoms with Gasteiger partial charge in [0.25, 0.3) is 0 Å². The number of para-hydroxylation sites is 1. The van der Waals surface area contributed by atoms with E-state index in [1.54, 1.807) is 35.1 Å². The molecule has 0 radical (unpaired) electrons. The second-order valence-electron chi connectivity index (χ2n) is 4.70. The molecule has 1 aromatic heterocycles. The Morgan fingerprint density at radius 1 is 1.15 bits per heavy atom. The lowest BCUT2D eigenvalue weighted by Crippen LogP contribution is -2.17. The summed E-state index contributed by atoms with van der Waals surface area (Å²) in [6.07, 6.45) is 1.78. The third-order valence-electron chi connectivity index (χ3n) is 3.38. The van der Waals surface area contributed by atoms with Crippen molar-refractivity contribution in [2.75, 3.05) is 0 Å². The molecule has 0 amide bonds. The Hall–Kier alpha value is -2.13. The van der Waals surface area contributed by atoms with Crippen molar-refractivity contribution in [2.24, 2.45) is 0 Å². The molecule has 100 valence electrons. The molecule has 1 atom stereocenters. The first-order valence-electron chi connectivity index (χ1n) is 6.39. The molecule has 4 heteroatoms. The minimum Gasteiger partial charge on any atom is -0.292 e. The molecular formula is C16H13ClN2O. The molecular weight excluding hydrogens is 272 g/mol. The van der Waals surface area contributed by atoms with Crippen LogP contribution in [0, 0.1) is 0 Å². The van der Waals surface area contributed by atoms with E-state index in [9.17, 15) is 4.79 Å². The fourth-order valence-electron chi connectivity index (χ4n) is 2.27. The lowest BCUT2D eigenvalue weighted by Gasteiger charge is -2.12. The smallest absolute Gasteiger partial charge is 0.187 e. The van der Waals surface area contributed by atoms with Crippen LogP contribution in [0.3, 0.4) is 0 Å². The second kappa shape index (κ2) is 5.10. The fourth-order valence-corrected chi connectivity index (χ4v) is 2.39. The van der Waals surface area contributed by atoms with Crippen LogP contribution in [0.15, 0.2) is 54.7 Å². The zero-order valence-electron chi connectivity index (χ0n) is 11.0. The van der Waals surface area contributed by atoms with Gasteiger partial charge in [-0.15, -0.1) is 0 Å². The van der Waals surface area contributed by atoms with E-state index < -0.39 is 0 Å². The highest BCUT2D eigenvalue weighted by Crippen LogP contribution is 2.21. The maximum absolute atomic E-state index is 12.5. The van der Waals surface area contributed by atoms with Crippen molar-refractivity contribution in [3.63, 3.8) is 0 Å². The van der Waals surface area contributed by atoms with E-state index in [-0.39, 0.29) is 11.8 Å². The van der Waals surface area contributed by atoms with Gasteiger partial charge in [-0.2, -0.15) is 5.10 Å². The van der Waals surface area contributed by atoms with Crippen LogP contribution in [-0.4, -0.2) is 15.6 Å². The van der Waals surface area contributed by atoms with Crippen molar-refractivity contribution in [1.29, 1.82) is 0 Å². The van der Waals surface area contributed by atoms with Gasteiger partial charge in [0.15, 0.2) is 5.78 Å². The zero-order chi connectivity index (χ0) is 14.1. The van der Waals surface area contributed by atoms with Crippen molar-refractivity contribution in [1.82, 2.24) is 9.78 Å². The number of ketones is 1. The Balaban J connectivity index is 1.97. The fraction of sp³-hybridized carbons (Fsp3) is 0.125. The number of carbonyl (C=O) groups excluding carboxylic acids is 1. The average molecular weight is 285 g/mol. The summed E-state index contributed by atoms with van der Waals surface area (Å²) < 4.78 is 1.76. The van der Waals surface area contributed by atoms with E-state index in [4.69, 9.17) is 11.6 Å². The standard InChI is InChI=1S/C16H13ClN2O/c1-11(16(20)12-6-8-14(17)9-7-12)19-15-5-3-2-4-13(15)10-18-19/h2-11H,1H3. The van der Waals surface area contributed by atoms with Crippen molar-refractivity contribution in [3.05, 3.63) is 65.3 Å². The lowest BCUT2D eigenvalue weighted by molar-refractivity contribution is 0.0930. The molecule has 0 saturated carbocycles. The molecule has 3 aromatic rings. The first-order chi connectivity index (χ1) is 9.66. The number of rotatable bonds is 3. The highest BCUT2D eigenvalue weighted by molar-refractivity contribution is 6.30.